The lowest BCUT2D eigenvalue weighted by atomic mass is 9.70. The predicted molar refractivity (Wildman–Crippen MR) is 153 cm³/mol. The number of ketones is 1. The van der Waals surface area contributed by atoms with Gasteiger partial charge >= 0.3 is 5.97 Å². The lowest BCUT2D eigenvalue weighted by Gasteiger charge is -2.35. The van der Waals surface area contributed by atoms with Crippen LogP contribution in [0.2, 0.25) is 0 Å². The van der Waals surface area contributed by atoms with E-state index >= 15 is 0 Å². The van der Waals surface area contributed by atoms with Crippen LogP contribution in [0.3, 0.4) is 0 Å². The molecule has 1 atom stereocenters. The fourth-order valence-electron chi connectivity index (χ4n) is 5.82. The monoisotopic (exact) mass is 524 g/mol. The number of nitrogens with zero attached hydrogens (tertiary/aromatic N) is 2. The second-order valence-corrected chi connectivity index (χ2v) is 11.6. The van der Waals surface area contributed by atoms with E-state index in [9.17, 15) is 9.59 Å². The summed E-state index contributed by atoms with van der Waals surface area (Å²) in [5, 5.41) is 0.779. The number of ether oxygens (including phenoxy) is 2. The summed E-state index contributed by atoms with van der Waals surface area (Å²) in [6.07, 6.45) is 2.65. The van der Waals surface area contributed by atoms with Gasteiger partial charge in [0.25, 0.3) is 0 Å². The van der Waals surface area contributed by atoms with Gasteiger partial charge in [-0.1, -0.05) is 39.0 Å². The van der Waals surface area contributed by atoms with Crippen LogP contribution in [0.25, 0.3) is 16.6 Å². The van der Waals surface area contributed by atoms with Gasteiger partial charge in [0.15, 0.2) is 6.61 Å². The molecule has 6 nitrogen and oxygen atoms in total. The standard InChI is InChI=1S/C33H36N2O4/c1-20-17-26(21(2)35(20)23-12-14-24(38-6)15-13-23)30(36)19-39-32(37)31-25-9-7-8-10-28(25)34-29-16-11-22(18-27(29)31)33(3,4)5/h7-10,12-15,17,22H,11,16,18-19H2,1-6H3/t22-/m1/s1. The van der Waals surface area contributed by atoms with Crippen molar-refractivity contribution >= 4 is 22.7 Å². The summed E-state index contributed by atoms with van der Waals surface area (Å²) in [4.78, 5) is 31.9. The minimum atomic E-state index is -0.461. The van der Waals surface area contributed by atoms with Crippen LogP contribution in [-0.4, -0.2) is 35.0 Å². The summed E-state index contributed by atoms with van der Waals surface area (Å²) in [6.45, 7) is 10.3. The van der Waals surface area contributed by atoms with Crippen molar-refractivity contribution in [3.05, 3.63) is 88.4 Å². The predicted octanol–water partition coefficient (Wildman–Crippen LogP) is 6.84. The van der Waals surface area contributed by atoms with Crippen LogP contribution in [0.5, 0.6) is 5.75 Å². The maximum atomic E-state index is 13.6. The zero-order valence-corrected chi connectivity index (χ0v) is 23.6. The van der Waals surface area contributed by atoms with E-state index in [1.54, 1.807) is 7.11 Å². The fourth-order valence-corrected chi connectivity index (χ4v) is 5.82. The molecule has 0 saturated carbocycles. The maximum absolute atomic E-state index is 13.6. The largest absolute Gasteiger partial charge is 0.497 e. The van der Waals surface area contributed by atoms with Crippen LogP contribution in [0.4, 0.5) is 0 Å². The number of Topliss-reactive ketones (excluding diaryl/α,β-unsaturated/α-hetero) is 1. The Bertz CT molecular complexity index is 1560. The Hall–Kier alpha value is -3.93. The number of aryl methyl sites for hydroxylation is 2. The smallest absolute Gasteiger partial charge is 0.339 e. The van der Waals surface area contributed by atoms with Crippen LogP contribution in [0.1, 0.15) is 70.6 Å². The van der Waals surface area contributed by atoms with Crippen LogP contribution >= 0.6 is 0 Å². The molecule has 0 unspecified atom stereocenters. The highest BCUT2D eigenvalue weighted by molar-refractivity contribution is 6.06. The number of hydrogen-bond donors (Lipinski definition) is 0. The maximum Gasteiger partial charge on any atom is 0.339 e. The van der Waals surface area contributed by atoms with Crippen LogP contribution in [0, 0.1) is 25.2 Å². The topological polar surface area (TPSA) is 70.4 Å². The molecule has 2 aromatic carbocycles. The summed E-state index contributed by atoms with van der Waals surface area (Å²) in [5.74, 6) is 0.515. The van der Waals surface area contributed by atoms with Crippen LogP contribution < -0.4 is 4.74 Å². The Morgan fingerprint density at radius 1 is 1.05 bits per heavy atom. The average Bonchev–Trinajstić information content (AvgIpc) is 3.22. The van der Waals surface area contributed by atoms with Gasteiger partial charge in [0.2, 0.25) is 5.78 Å². The molecule has 6 heteroatoms. The molecule has 5 rings (SSSR count). The highest BCUT2D eigenvalue weighted by Crippen LogP contribution is 2.39. The van der Waals surface area contributed by atoms with E-state index in [1.807, 2.05) is 73.0 Å². The van der Waals surface area contributed by atoms with Crippen LogP contribution in [-0.2, 0) is 17.6 Å². The molecule has 0 saturated heterocycles. The SMILES string of the molecule is COc1ccc(-n2c(C)cc(C(=O)COC(=O)c3c4c(nc5ccccc35)CC[C@@H](C(C)(C)C)C4)c2C)cc1. The van der Waals surface area contributed by atoms with Gasteiger partial charge in [-0.3, -0.25) is 9.78 Å². The summed E-state index contributed by atoms with van der Waals surface area (Å²) >= 11 is 0. The number of para-hydroxylation sites is 1. The van der Waals surface area contributed by atoms with Crippen molar-refractivity contribution in [2.75, 3.05) is 13.7 Å². The van der Waals surface area contributed by atoms with Crippen molar-refractivity contribution in [2.24, 2.45) is 11.3 Å². The molecule has 39 heavy (non-hydrogen) atoms. The number of methoxy groups -OCH3 is 1. The first kappa shape index (κ1) is 26.7. The molecule has 0 radical (unpaired) electrons. The number of carbonyl (C=O) groups is 2. The summed E-state index contributed by atoms with van der Waals surface area (Å²) < 4.78 is 13.0. The third kappa shape index (κ3) is 5.08. The number of pyridine rings is 1. The van der Waals surface area contributed by atoms with Gasteiger partial charge in [-0.05, 0) is 86.4 Å². The normalized spacial score (nSPS) is 15.2. The van der Waals surface area contributed by atoms with E-state index in [0.29, 0.717) is 17.0 Å². The molecule has 2 heterocycles. The molecule has 0 bridgehead atoms. The number of aromatic nitrogens is 2. The summed E-state index contributed by atoms with van der Waals surface area (Å²) in [7, 11) is 1.63. The Morgan fingerprint density at radius 2 is 1.77 bits per heavy atom. The van der Waals surface area contributed by atoms with Gasteiger partial charge in [-0.15, -0.1) is 0 Å². The number of fused-ring (bicyclic) bond motifs is 2. The third-order valence-electron chi connectivity index (χ3n) is 8.08. The van der Waals surface area contributed by atoms with Crippen molar-refractivity contribution in [1.82, 2.24) is 9.55 Å². The Balaban J connectivity index is 1.42. The molecule has 1 aliphatic rings. The lowest BCUT2D eigenvalue weighted by Crippen LogP contribution is -2.29. The van der Waals surface area contributed by atoms with Gasteiger partial charge in [-0.25, -0.2) is 4.79 Å². The van der Waals surface area contributed by atoms with E-state index in [1.165, 1.54) is 0 Å². The second-order valence-electron chi connectivity index (χ2n) is 11.6. The number of hydrogen-bond acceptors (Lipinski definition) is 5. The first-order chi connectivity index (χ1) is 18.6. The molecule has 202 valence electrons. The molecular weight excluding hydrogens is 488 g/mol. The molecular formula is C33H36N2O4. The van der Waals surface area contributed by atoms with Gasteiger partial charge in [0.05, 0.1) is 18.2 Å². The first-order valence-corrected chi connectivity index (χ1v) is 13.5. The van der Waals surface area contributed by atoms with Gasteiger partial charge < -0.3 is 14.0 Å². The molecule has 4 aromatic rings. The molecule has 0 N–H and O–H groups in total. The van der Waals surface area contributed by atoms with Gasteiger partial charge in [0, 0.05) is 33.7 Å². The Morgan fingerprint density at radius 3 is 2.46 bits per heavy atom. The minimum absolute atomic E-state index is 0.118. The number of esters is 1. The minimum Gasteiger partial charge on any atom is -0.497 e. The van der Waals surface area contributed by atoms with Crippen molar-refractivity contribution < 1.29 is 19.1 Å². The van der Waals surface area contributed by atoms with Crippen molar-refractivity contribution in [3.8, 4) is 11.4 Å². The number of benzene rings is 2. The van der Waals surface area contributed by atoms with Crippen molar-refractivity contribution in [2.45, 2.75) is 53.9 Å². The highest BCUT2D eigenvalue weighted by Gasteiger charge is 2.33. The molecule has 0 aliphatic heterocycles. The van der Waals surface area contributed by atoms with Crippen molar-refractivity contribution in [3.63, 3.8) is 0 Å². The van der Waals surface area contributed by atoms with Gasteiger partial charge in [0.1, 0.15) is 5.75 Å². The van der Waals surface area contributed by atoms with E-state index < -0.39 is 5.97 Å². The summed E-state index contributed by atoms with van der Waals surface area (Å²) in [5.41, 5.74) is 6.61. The number of carbonyl (C=O) groups excluding carboxylic acids is 2. The summed E-state index contributed by atoms with van der Waals surface area (Å²) in [6, 6.07) is 17.2. The third-order valence-corrected chi connectivity index (χ3v) is 8.08. The van der Waals surface area contributed by atoms with Crippen molar-refractivity contribution in [1.29, 1.82) is 0 Å². The number of rotatable bonds is 6. The van der Waals surface area contributed by atoms with E-state index in [-0.39, 0.29) is 17.8 Å². The molecule has 0 amide bonds. The fraction of sp³-hybridized carbons (Fsp3) is 0.364. The first-order valence-electron chi connectivity index (χ1n) is 13.5. The zero-order valence-electron chi connectivity index (χ0n) is 23.6. The highest BCUT2D eigenvalue weighted by atomic mass is 16.5. The quantitative estimate of drug-likeness (QED) is 0.204. The Kier molecular flexibility index (Phi) is 7.06. The average molecular weight is 525 g/mol. The Labute approximate surface area is 230 Å². The molecule has 2 aromatic heterocycles. The molecule has 0 spiro atoms. The van der Waals surface area contributed by atoms with E-state index in [2.05, 4.69) is 20.8 Å². The van der Waals surface area contributed by atoms with Gasteiger partial charge in [-0.2, -0.15) is 0 Å². The molecule has 0 fully saturated rings. The van der Waals surface area contributed by atoms with E-state index in [0.717, 1.165) is 64.2 Å². The lowest BCUT2D eigenvalue weighted by molar-refractivity contribution is 0.0474. The zero-order chi connectivity index (χ0) is 27.9. The molecule has 1 aliphatic carbocycles. The van der Waals surface area contributed by atoms with Crippen LogP contribution in [0.15, 0.2) is 54.6 Å². The second kappa shape index (κ2) is 10.3. The van der Waals surface area contributed by atoms with E-state index in [4.69, 9.17) is 14.5 Å².